The number of methoxy groups -OCH3 is 1. The zero-order chi connectivity index (χ0) is 22.0. The molecular formula is C25H27NO5. The predicted octanol–water partition coefficient (Wildman–Crippen LogP) is 4.53. The molecule has 6 heteroatoms. The number of hydrogen-bond donors (Lipinski definition) is 0. The van der Waals surface area contributed by atoms with E-state index < -0.39 is 12.0 Å². The molecule has 1 aromatic heterocycles. The number of furan rings is 1. The molecule has 3 aromatic rings. The van der Waals surface area contributed by atoms with Gasteiger partial charge in [-0.3, -0.25) is 4.79 Å². The number of amides is 1. The lowest BCUT2D eigenvalue weighted by Crippen LogP contribution is -2.48. The van der Waals surface area contributed by atoms with Gasteiger partial charge in [-0.15, -0.1) is 0 Å². The first-order valence-corrected chi connectivity index (χ1v) is 10.6. The number of fused-ring (bicyclic) bond motifs is 1. The van der Waals surface area contributed by atoms with Gasteiger partial charge in [-0.1, -0.05) is 42.5 Å². The molecule has 31 heavy (non-hydrogen) atoms. The number of aryl methyl sites for hydroxylation is 1. The van der Waals surface area contributed by atoms with Crippen molar-refractivity contribution in [1.82, 2.24) is 4.90 Å². The van der Waals surface area contributed by atoms with Gasteiger partial charge in [0.25, 0.3) is 5.91 Å². The first-order valence-electron chi connectivity index (χ1n) is 10.6. The summed E-state index contributed by atoms with van der Waals surface area (Å²) >= 11 is 0. The summed E-state index contributed by atoms with van der Waals surface area (Å²) in [4.78, 5) is 28.4. The van der Waals surface area contributed by atoms with Gasteiger partial charge in [0.1, 0.15) is 6.04 Å². The van der Waals surface area contributed by atoms with Crippen LogP contribution in [0, 0.1) is 6.92 Å². The Morgan fingerprint density at radius 1 is 1.13 bits per heavy atom. The summed E-state index contributed by atoms with van der Waals surface area (Å²) in [5.41, 5.74) is 2.26. The molecule has 0 spiro atoms. The largest absolute Gasteiger partial charge is 0.493 e. The molecule has 1 amide bonds. The van der Waals surface area contributed by atoms with Crippen molar-refractivity contribution in [2.45, 2.75) is 45.2 Å². The molecule has 1 saturated carbocycles. The molecule has 0 N–H and O–H groups in total. The maximum atomic E-state index is 13.7. The topological polar surface area (TPSA) is 69.0 Å². The SMILES string of the molecule is CCOC(=O)C(Cc1ccccc1)N(C(=O)c1oc2c(OC)cccc2c1C)C1CC1. The molecule has 1 aliphatic rings. The van der Waals surface area contributed by atoms with Gasteiger partial charge in [-0.25, -0.2) is 4.79 Å². The molecule has 1 unspecified atom stereocenters. The second-order valence-electron chi connectivity index (χ2n) is 7.79. The molecule has 4 rings (SSSR count). The van der Waals surface area contributed by atoms with E-state index in [1.54, 1.807) is 25.0 Å². The number of nitrogens with zero attached hydrogens (tertiary/aromatic N) is 1. The van der Waals surface area contributed by atoms with E-state index in [0.29, 0.717) is 17.8 Å². The van der Waals surface area contributed by atoms with E-state index in [9.17, 15) is 9.59 Å². The fourth-order valence-electron chi connectivity index (χ4n) is 3.98. The number of carbonyl (C=O) groups excluding carboxylic acids is 2. The number of carbonyl (C=O) groups is 2. The van der Waals surface area contributed by atoms with Crippen LogP contribution in [0.1, 0.15) is 41.4 Å². The number of benzene rings is 2. The van der Waals surface area contributed by atoms with Crippen LogP contribution in [-0.4, -0.2) is 42.6 Å². The Labute approximate surface area is 181 Å². The third kappa shape index (κ3) is 4.15. The van der Waals surface area contributed by atoms with Gasteiger partial charge in [0.05, 0.1) is 13.7 Å². The molecule has 1 heterocycles. The van der Waals surface area contributed by atoms with Crippen molar-refractivity contribution in [3.8, 4) is 5.75 Å². The van der Waals surface area contributed by atoms with Gasteiger partial charge in [0.2, 0.25) is 0 Å². The number of para-hydroxylation sites is 1. The second kappa shape index (κ2) is 8.84. The molecule has 1 aliphatic carbocycles. The first-order chi connectivity index (χ1) is 15.0. The molecule has 1 atom stereocenters. The van der Waals surface area contributed by atoms with Crippen molar-refractivity contribution in [1.29, 1.82) is 0 Å². The third-order valence-corrected chi connectivity index (χ3v) is 5.68. The van der Waals surface area contributed by atoms with Crippen molar-refractivity contribution in [3.63, 3.8) is 0 Å². The Kier molecular flexibility index (Phi) is 5.98. The van der Waals surface area contributed by atoms with E-state index in [2.05, 4.69) is 0 Å². The fourth-order valence-corrected chi connectivity index (χ4v) is 3.98. The quantitative estimate of drug-likeness (QED) is 0.500. The second-order valence-corrected chi connectivity index (χ2v) is 7.79. The van der Waals surface area contributed by atoms with Crippen LogP contribution in [0.25, 0.3) is 11.0 Å². The zero-order valence-electron chi connectivity index (χ0n) is 18.1. The summed E-state index contributed by atoms with van der Waals surface area (Å²) in [6.07, 6.45) is 2.11. The van der Waals surface area contributed by atoms with Crippen molar-refractivity contribution < 1.29 is 23.5 Å². The lowest BCUT2D eigenvalue weighted by molar-refractivity contribution is -0.148. The summed E-state index contributed by atoms with van der Waals surface area (Å²) in [5, 5.41) is 0.828. The average molecular weight is 421 g/mol. The Morgan fingerprint density at radius 2 is 1.87 bits per heavy atom. The van der Waals surface area contributed by atoms with Crippen LogP contribution < -0.4 is 4.74 Å². The van der Waals surface area contributed by atoms with Crippen LogP contribution in [0.4, 0.5) is 0 Å². The van der Waals surface area contributed by atoms with E-state index in [1.807, 2.05) is 49.4 Å². The lowest BCUT2D eigenvalue weighted by Gasteiger charge is -2.30. The van der Waals surface area contributed by atoms with Crippen LogP contribution in [0.5, 0.6) is 5.75 Å². The van der Waals surface area contributed by atoms with Crippen molar-refractivity contribution >= 4 is 22.8 Å². The van der Waals surface area contributed by atoms with E-state index in [-0.39, 0.29) is 24.3 Å². The smallest absolute Gasteiger partial charge is 0.329 e. The number of ether oxygens (including phenoxy) is 2. The normalized spacial score (nSPS) is 14.3. The van der Waals surface area contributed by atoms with Gasteiger partial charge in [0, 0.05) is 23.4 Å². The maximum absolute atomic E-state index is 13.7. The highest BCUT2D eigenvalue weighted by atomic mass is 16.5. The minimum atomic E-state index is -0.711. The molecule has 1 fully saturated rings. The molecule has 162 valence electrons. The monoisotopic (exact) mass is 421 g/mol. The summed E-state index contributed by atoms with van der Waals surface area (Å²) in [5.74, 6) is 0.141. The van der Waals surface area contributed by atoms with Crippen LogP contribution >= 0.6 is 0 Å². The standard InChI is InChI=1S/C25H27NO5/c1-4-30-25(28)20(15-17-9-6-5-7-10-17)26(18-13-14-18)24(27)22-16(2)19-11-8-12-21(29-3)23(19)31-22/h5-12,18,20H,4,13-15H2,1-3H3. The maximum Gasteiger partial charge on any atom is 0.329 e. The molecule has 0 radical (unpaired) electrons. The highest BCUT2D eigenvalue weighted by Gasteiger charge is 2.43. The molecule has 0 saturated heterocycles. The molecule has 0 bridgehead atoms. The number of rotatable bonds is 8. The Hall–Kier alpha value is -3.28. The summed E-state index contributed by atoms with van der Waals surface area (Å²) in [6, 6.07) is 14.6. The predicted molar refractivity (Wildman–Crippen MR) is 117 cm³/mol. The molecule has 6 nitrogen and oxygen atoms in total. The van der Waals surface area contributed by atoms with Crippen LogP contribution in [0.2, 0.25) is 0 Å². The van der Waals surface area contributed by atoms with E-state index in [4.69, 9.17) is 13.9 Å². The Morgan fingerprint density at radius 3 is 2.52 bits per heavy atom. The summed E-state index contributed by atoms with van der Waals surface area (Å²) < 4.78 is 16.8. The van der Waals surface area contributed by atoms with Crippen LogP contribution in [0.15, 0.2) is 52.9 Å². The van der Waals surface area contributed by atoms with Gasteiger partial charge in [-0.2, -0.15) is 0 Å². The highest BCUT2D eigenvalue weighted by Crippen LogP contribution is 2.36. The Bertz CT molecular complexity index is 1080. The van der Waals surface area contributed by atoms with Crippen molar-refractivity contribution in [3.05, 3.63) is 65.4 Å². The van der Waals surface area contributed by atoms with E-state index in [0.717, 1.165) is 29.4 Å². The molecular weight excluding hydrogens is 394 g/mol. The fraction of sp³-hybridized carbons (Fsp3) is 0.360. The van der Waals surface area contributed by atoms with Gasteiger partial charge in [0.15, 0.2) is 17.1 Å². The first kappa shape index (κ1) is 21.0. The minimum absolute atomic E-state index is 0.000117. The molecule has 2 aromatic carbocycles. The van der Waals surface area contributed by atoms with E-state index >= 15 is 0 Å². The lowest BCUT2D eigenvalue weighted by atomic mass is 10.0. The summed E-state index contributed by atoms with van der Waals surface area (Å²) in [6.45, 7) is 3.90. The van der Waals surface area contributed by atoms with Gasteiger partial charge >= 0.3 is 5.97 Å². The average Bonchev–Trinajstić information content (AvgIpc) is 3.56. The van der Waals surface area contributed by atoms with Gasteiger partial charge in [-0.05, 0) is 38.3 Å². The zero-order valence-corrected chi connectivity index (χ0v) is 18.1. The highest BCUT2D eigenvalue weighted by molar-refractivity contribution is 6.02. The van der Waals surface area contributed by atoms with Crippen molar-refractivity contribution in [2.75, 3.05) is 13.7 Å². The number of hydrogen-bond acceptors (Lipinski definition) is 5. The van der Waals surface area contributed by atoms with Gasteiger partial charge < -0.3 is 18.8 Å². The summed E-state index contributed by atoms with van der Waals surface area (Å²) in [7, 11) is 1.57. The third-order valence-electron chi connectivity index (χ3n) is 5.68. The van der Waals surface area contributed by atoms with Crippen LogP contribution in [0.3, 0.4) is 0 Å². The Balaban J connectivity index is 1.74. The van der Waals surface area contributed by atoms with E-state index in [1.165, 1.54) is 0 Å². The number of esters is 1. The van der Waals surface area contributed by atoms with Crippen LogP contribution in [-0.2, 0) is 16.0 Å². The van der Waals surface area contributed by atoms with Crippen molar-refractivity contribution in [2.24, 2.45) is 0 Å². The minimum Gasteiger partial charge on any atom is -0.493 e. The molecule has 0 aliphatic heterocycles.